The summed E-state index contributed by atoms with van der Waals surface area (Å²) in [5, 5.41) is 5.86. The maximum atomic E-state index is 12.2. The van der Waals surface area contributed by atoms with E-state index < -0.39 is 0 Å². The standard InChI is InChI=1S/C12H13N3O2S.ClH/c16-12(15-4-2-13-3-5-15)10-8-18-11(14-10)9-1-6-17-7-9;/h1,6-8,13H,2-5H2;1H. The molecule has 1 amide bonds. The molecule has 1 saturated heterocycles. The second-order valence-corrected chi connectivity index (χ2v) is 4.95. The molecule has 0 atom stereocenters. The maximum absolute atomic E-state index is 12.2. The van der Waals surface area contributed by atoms with Crippen molar-refractivity contribution in [3.05, 3.63) is 29.7 Å². The highest BCUT2D eigenvalue weighted by Crippen LogP contribution is 2.24. The zero-order valence-corrected chi connectivity index (χ0v) is 11.8. The summed E-state index contributed by atoms with van der Waals surface area (Å²) in [5.41, 5.74) is 1.44. The number of carbonyl (C=O) groups is 1. The minimum absolute atomic E-state index is 0. The van der Waals surface area contributed by atoms with Gasteiger partial charge in [0.25, 0.3) is 5.91 Å². The van der Waals surface area contributed by atoms with Gasteiger partial charge in [-0.25, -0.2) is 4.98 Å². The highest BCUT2D eigenvalue weighted by molar-refractivity contribution is 7.13. The lowest BCUT2D eigenvalue weighted by Crippen LogP contribution is -2.46. The summed E-state index contributed by atoms with van der Waals surface area (Å²) in [7, 11) is 0. The molecular weight excluding hydrogens is 286 g/mol. The van der Waals surface area contributed by atoms with Crippen LogP contribution < -0.4 is 5.32 Å². The van der Waals surface area contributed by atoms with Crippen LogP contribution in [0.5, 0.6) is 0 Å². The minimum atomic E-state index is 0. The summed E-state index contributed by atoms with van der Waals surface area (Å²) in [6, 6.07) is 1.85. The van der Waals surface area contributed by atoms with Gasteiger partial charge in [0.2, 0.25) is 0 Å². The van der Waals surface area contributed by atoms with Crippen molar-refractivity contribution in [2.45, 2.75) is 0 Å². The smallest absolute Gasteiger partial charge is 0.273 e. The number of rotatable bonds is 2. The molecule has 2 aromatic heterocycles. The van der Waals surface area contributed by atoms with E-state index in [0.717, 1.165) is 36.8 Å². The summed E-state index contributed by atoms with van der Waals surface area (Å²) in [6.45, 7) is 3.20. The van der Waals surface area contributed by atoms with Gasteiger partial charge in [0.1, 0.15) is 17.0 Å². The fourth-order valence-electron chi connectivity index (χ4n) is 1.92. The highest BCUT2D eigenvalue weighted by atomic mass is 35.5. The van der Waals surface area contributed by atoms with E-state index in [0.29, 0.717) is 5.69 Å². The Morgan fingerprint density at radius 1 is 1.42 bits per heavy atom. The van der Waals surface area contributed by atoms with Crippen LogP contribution in [0.3, 0.4) is 0 Å². The number of hydrogen-bond acceptors (Lipinski definition) is 5. The minimum Gasteiger partial charge on any atom is -0.472 e. The molecule has 0 saturated carbocycles. The molecule has 7 heteroatoms. The largest absolute Gasteiger partial charge is 0.472 e. The van der Waals surface area contributed by atoms with Gasteiger partial charge in [-0.15, -0.1) is 23.7 Å². The number of hydrogen-bond donors (Lipinski definition) is 1. The third-order valence-electron chi connectivity index (χ3n) is 2.90. The lowest BCUT2D eigenvalue weighted by atomic mass is 10.3. The molecule has 0 spiro atoms. The van der Waals surface area contributed by atoms with Gasteiger partial charge in [0.15, 0.2) is 0 Å². The Morgan fingerprint density at radius 3 is 2.89 bits per heavy atom. The van der Waals surface area contributed by atoms with E-state index in [9.17, 15) is 4.79 Å². The Labute approximate surface area is 121 Å². The Morgan fingerprint density at radius 2 is 2.21 bits per heavy atom. The number of thiazole rings is 1. The summed E-state index contributed by atoms with van der Waals surface area (Å²) in [5.74, 6) is 0.0162. The van der Waals surface area contributed by atoms with Crippen molar-refractivity contribution in [1.29, 1.82) is 0 Å². The summed E-state index contributed by atoms with van der Waals surface area (Å²) in [4.78, 5) is 18.4. The number of piperazine rings is 1. The van der Waals surface area contributed by atoms with Crippen LogP contribution in [-0.2, 0) is 0 Å². The average molecular weight is 300 g/mol. The molecule has 0 radical (unpaired) electrons. The zero-order chi connectivity index (χ0) is 12.4. The summed E-state index contributed by atoms with van der Waals surface area (Å²) in [6.07, 6.45) is 3.24. The van der Waals surface area contributed by atoms with E-state index in [2.05, 4.69) is 10.3 Å². The van der Waals surface area contributed by atoms with Crippen LogP contribution in [0, 0.1) is 0 Å². The predicted octanol–water partition coefficient (Wildman–Crippen LogP) is 1.87. The molecule has 0 bridgehead atoms. The summed E-state index contributed by atoms with van der Waals surface area (Å²) >= 11 is 1.47. The zero-order valence-electron chi connectivity index (χ0n) is 10.2. The van der Waals surface area contributed by atoms with E-state index >= 15 is 0 Å². The number of carbonyl (C=O) groups excluding carboxylic acids is 1. The Bertz CT molecular complexity index is 535. The van der Waals surface area contributed by atoms with Crippen molar-refractivity contribution in [2.24, 2.45) is 0 Å². The van der Waals surface area contributed by atoms with Gasteiger partial charge in [0.05, 0.1) is 6.26 Å². The van der Waals surface area contributed by atoms with Gasteiger partial charge < -0.3 is 14.6 Å². The van der Waals surface area contributed by atoms with Gasteiger partial charge in [-0.2, -0.15) is 0 Å². The first-order valence-corrected chi connectivity index (χ1v) is 6.70. The molecule has 5 nitrogen and oxygen atoms in total. The molecule has 3 rings (SSSR count). The molecule has 1 aliphatic heterocycles. The summed E-state index contributed by atoms with van der Waals surface area (Å²) < 4.78 is 5.02. The molecule has 19 heavy (non-hydrogen) atoms. The van der Waals surface area contributed by atoms with E-state index in [1.54, 1.807) is 12.5 Å². The second-order valence-electron chi connectivity index (χ2n) is 4.09. The molecule has 1 fully saturated rings. The van der Waals surface area contributed by atoms with Crippen molar-refractivity contribution >= 4 is 29.7 Å². The van der Waals surface area contributed by atoms with E-state index in [1.807, 2.05) is 16.3 Å². The quantitative estimate of drug-likeness (QED) is 0.920. The fraction of sp³-hybridized carbons (Fsp3) is 0.333. The van der Waals surface area contributed by atoms with Crippen LogP contribution in [0.25, 0.3) is 10.6 Å². The molecule has 2 aromatic rings. The van der Waals surface area contributed by atoms with Crippen molar-refractivity contribution < 1.29 is 9.21 Å². The van der Waals surface area contributed by atoms with Crippen molar-refractivity contribution in [3.63, 3.8) is 0 Å². The third-order valence-corrected chi connectivity index (χ3v) is 3.79. The molecular formula is C12H14ClN3O2S. The number of halogens is 1. The first-order valence-electron chi connectivity index (χ1n) is 5.83. The van der Waals surface area contributed by atoms with Crippen LogP contribution >= 0.6 is 23.7 Å². The Hall–Kier alpha value is -1.37. The van der Waals surface area contributed by atoms with Gasteiger partial charge >= 0.3 is 0 Å². The number of nitrogens with zero attached hydrogens (tertiary/aromatic N) is 2. The van der Waals surface area contributed by atoms with Crippen LogP contribution in [0.2, 0.25) is 0 Å². The lowest BCUT2D eigenvalue weighted by Gasteiger charge is -2.26. The van der Waals surface area contributed by atoms with Crippen LogP contribution in [0.4, 0.5) is 0 Å². The molecule has 3 heterocycles. The molecule has 1 N–H and O–H groups in total. The van der Waals surface area contributed by atoms with Gasteiger partial charge in [-0.1, -0.05) is 0 Å². The van der Waals surface area contributed by atoms with E-state index in [-0.39, 0.29) is 18.3 Å². The maximum Gasteiger partial charge on any atom is 0.273 e. The second kappa shape index (κ2) is 6.18. The lowest BCUT2D eigenvalue weighted by molar-refractivity contribution is 0.0731. The Kier molecular flexibility index (Phi) is 4.57. The molecule has 102 valence electrons. The van der Waals surface area contributed by atoms with Gasteiger partial charge in [-0.3, -0.25) is 4.79 Å². The molecule has 0 aromatic carbocycles. The highest BCUT2D eigenvalue weighted by Gasteiger charge is 2.20. The van der Waals surface area contributed by atoms with Gasteiger partial charge in [0, 0.05) is 37.1 Å². The molecule has 0 aliphatic carbocycles. The monoisotopic (exact) mass is 299 g/mol. The Balaban J connectivity index is 0.00000133. The van der Waals surface area contributed by atoms with E-state index in [1.165, 1.54) is 11.3 Å². The SMILES string of the molecule is Cl.O=C(c1csc(-c2ccoc2)n1)N1CCNCC1. The first kappa shape index (κ1) is 14.0. The van der Waals surface area contributed by atoms with Crippen LogP contribution in [0.1, 0.15) is 10.5 Å². The van der Waals surface area contributed by atoms with Crippen LogP contribution in [-0.4, -0.2) is 42.0 Å². The van der Waals surface area contributed by atoms with E-state index in [4.69, 9.17) is 4.42 Å². The number of nitrogens with one attached hydrogen (secondary N) is 1. The van der Waals surface area contributed by atoms with Crippen molar-refractivity contribution in [2.75, 3.05) is 26.2 Å². The normalized spacial score (nSPS) is 15.1. The van der Waals surface area contributed by atoms with Crippen LogP contribution in [0.15, 0.2) is 28.4 Å². The topological polar surface area (TPSA) is 58.4 Å². The third kappa shape index (κ3) is 2.97. The first-order chi connectivity index (χ1) is 8.84. The number of furan rings is 1. The average Bonchev–Trinajstić information content (AvgIpc) is 3.09. The molecule has 1 aliphatic rings. The number of amides is 1. The molecule has 0 unspecified atom stereocenters. The van der Waals surface area contributed by atoms with Gasteiger partial charge in [-0.05, 0) is 6.07 Å². The fourth-order valence-corrected chi connectivity index (χ4v) is 2.70. The number of aromatic nitrogens is 1. The van der Waals surface area contributed by atoms with Crippen molar-refractivity contribution in [1.82, 2.24) is 15.2 Å². The van der Waals surface area contributed by atoms with Crippen molar-refractivity contribution in [3.8, 4) is 10.6 Å². The predicted molar refractivity (Wildman–Crippen MR) is 75.8 cm³/mol.